The molecule has 0 bridgehead atoms. The van der Waals surface area contributed by atoms with E-state index in [2.05, 4.69) is 38.3 Å². The van der Waals surface area contributed by atoms with Gasteiger partial charge in [0.1, 0.15) is 0 Å². The number of hydrogen-bond acceptors (Lipinski definition) is 3. The fourth-order valence-electron chi connectivity index (χ4n) is 2.18. The van der Waals surface area contributed by atoms with Gasteiger partial charge in [0, 0.05) is 11.2 Å². The van der Waals surface area contributed by atoms with Gasteiger partial charge in [0.2, 0.25) is 0 Å². The van der Waals surface area contributed by atoms with Crippen molar-refractivity contribution in [3.63, 3.8) is 0 Å². The summed E-state index contributed by atoms with van der Waals surface area (Å²) in [4.78, 5) is 2.20. The molecule has 1 aromatic rings. The molecule has 14 heavy (non-hydrogen) atoms. The molecule has 0 amide bonds. The maximum atomic E-state index is 4.22. The normalized spacial score (nSPS) is 32.4. The number of rotatable bonds is 2. The lowest BCUT2D eigenvalue weighted by atomic mass is 9.85. The highest BCUT2D eigenvalue weighted by Crippen LogP contribution is 2.42. The van der Waals surface area contributed by atoms with E-state index >= 15 is 0 Å². The smallest absolute Gasteiger partial charge is 0.167 e. The van der Waals surface area contributed by atoms with E-state index in [1.54, 1.807) is 7.05 Å². The second-order valence-electron chi connectivity index (χ2n) is 4.52. The summed E-state index contributed by atoms with van der Waals surface area (Å²) in [6.45, 7) is 2.31. The van der Waals surface area contributed by atoms with Crippen molar-refractivity contribution in [2.75, 3.05) is 0 Å². The van der Waals surface area contributed by atoms with Crippen LogP contribution >= 0.6 is 15.9 Å². The van der Waals surface area contributed by atoms with E-state index in [4.69, 9.17) is 0 Å². The van der Waals surface area contributed by atoms with Crippen LogP contribution in [0.15, 0.2) is 0 Å². The highest BCUT2D eigenvalue weighted by molar-refractivity contribution is 9.09. The molecule has 2 atom stereocenters. The highest BCUT2D eigenvalue weighted by atomic mass is 79.9. The van der Waals surface area contributed by atoms with Crippen molar-refractivity contribution in [3.8, 4) is 0 Å². The number of halogens is 1. The van der Waals surface area contributed by atoms with E-state index in [0.29, 0.717) is 10.2 Å². The lowest BCUT2D eigenvalue weighted by Crippen LogP contribution is -2.16. The first-order chi connectivity index (χ1) is 6.57. The molecule has 0 aromatic carbocycles. The number of nitrogens with zero attached hydrogens (tertiary/aromatic N) is 4. The van der Waals surface area contributed by atoms with Crippen LogP contribution in [-0.4, -0.2) is 25.0 Å². The number of aryl methyl sites for hydroxylation is 1. The van der Waals surface area contributed by atoms with Crippen molar-refractivity contribution in [2.45, 2.75) is 37.4 Å². The van der Waals surface area contributed by atoms with Crippen LogP contribution in [0.5, 0.6) is 0 Å². The molecule has 78 valence electrons. The first-order valence-corrected chi connectivity index (χ1v) is 5.86. The van der Waals surface area contributed by atoms with Crippen LogP contribution in [0.2, 0.25) is 0 Å². The monoisotopic (exact) mass is 258 g/mol. The molecule has 0 aliphatic heterocycles. The third-order valence-electron chi connectivity index (χ3n) is 2.91. The molecule has 1 aromatic heterocycles. The van der Waals surface area contributed by atoms with E-state index in [1.807, 2.05) is 0 Å². The van der Waals surface area contributed by atoms with E-state index in [9.17, 15) is 0 Å². The molecule has 0 spiro atoms. The molecule has 5 heteroatoms. The van der Waals surface area contributed by atoms with Crippen molar-refractivity contribution in [2.24, 2.45) is 12.5 Å². The highest BCUT2D eigenvalue weighted by Gasteiger charge is 2.35. The second-order valence-corrected chi connectivity index (χ2v) is 5.82. The van der Waals surface area contributed by atoms with Gasteiger partial charge in [-0.2, -0.15) is 4.80 Å². The van der Waals surface area contributed by atoms with Crippen LogP contribution in [-0.2, 0) is 13.5 Å². The van der Waals surface area contributed by atoms with Crippen LogP contribution in [0.1, 0.15) is 32.0 Å². The van der Waals surface area contributed by atoms with Crippen LogP contribution in [0.4, 0.5) is 0 Å². The van der Waals surface area contributed by atoms with Crippen molar-refractivity contribution in [1.82, 2.24) is 20.2 Å². The Balaban J connectivity index is 2.03. The Bertz CT molecular complexity index is 324. The predicted octanol–water partition coefficient (Wildman–Crippen LogP) is 1.71. The molecule has 1 fully saturated rings. The SMILES string of the molecule is Cn1nnc(CC2(C)CCC(Br)C2)n1. The van der Waals surface area contributed by atoms with Gasteiger partial charge in [0.25, 0.3) is 0 Å². The molecule has 4 nitrogen and oxygen atoms in total. The van der Waals surface area contributed by atoms with E-state index in [-0.39, 0.29) is 0 Å². The summed E-state index contributed by atoms with van der Waals surface area (Å²) < 4.78 is 0. The number of tetrazole rings is 1. The molecule has 1 aliphatic carbocycles. The average molecular weight is 259 g/mol. The van der Waals surface area contributed by atoms with E-state index in [0.717, 1.165) is 12.2 Å². The first-order valence-electron chi connectivity index (χ1n) is 4.94. The summed E-state index contributed by atoms with van der Waals surface area (Å²) >= 11 is 3.67. The van der Waals surface area contributed by atoms with Gasteiger partial charge in [0.15, 0.2) is 5.82 Å². The number of alkyl halides is 1. The van der Waals surface area contributed by atoms with Crippen molar-refractivity contribution < 1.29 is 0 Å². The van der Waals surface area contributed by atoms with Crippen molar-refractivity contribution in [1.29, 1.82) is 0 Å². The Labute approximate surface area is 92.2 Å². The Morgan fingerprint density at radius 3 is 2.93 bits per heavy atom. The molecule has 0 N–H and O–H groups in total. The molecule has 0 saturated heterocycles. The van der Waals surface area contributed by atoms with Gasteiger partial charge >= 0.3 is 0 Å². The van der Waals surface area contributed by atoms with Gasteiger partial charge in [-0.05, 0) is 29.9 Å². The quantitative estimate of drug-likeness (QED) is 0.759. The summed E-state index contributed by atoms with van der Waals surface area (Å²) in [6, 6.07) is 0. The fourth-order valence-corrected chi connectivity index (χ4v) is 3.19. The molecule has 1 heterocycles. The van der Waals surface area contributed by atoms with Crippen LogP contribution in [0, 0.1) is 5.41 Å². The third kappa shape index (κ3) is 2.13. The zero-order chi connectivity index (χ0) is 10.2. The van der Waals surface area contributed by atoms with E-state index < -0.39 is 0 Å². The van der Waals surface area contributed by atoms with Gasteiger partial charge in [-0.15, -0.1) is 10.2 Å². The number of hydrogen-bond donors (Lipinski definition) is 0. The standard InChI is InChI=1S/C9H15BrN4/c1-9(4-3-7(10)5-9)6-8-11-13-14(2)12-8/h7H,3-6H2,1-2H3. The minimum atomic E-state index is 0.358. The third-order valence-corrected chi connectivity index (χ3v) is 3.69. The second kappa shape index (κ2) is 3.61. The minimum Gasteiger partial charge on any atom is -0.167 e. The largest absolute Gasteiger partial charge is 0.175 e. The lowest BCUT2D eigenvalue weighted by Gasteiger charge is -2.21. The summed E-state index contributed by atoms with van der Waals surface area (Å²) in [6.07, 6.45) is 4.67. The zero-order valence-corrected chi connectivity index (χ0v) is 10.2. The van der Waals surface area contributed by atoms with Gasteiger partial charge in [-0.25, -0.2) is 0 Å². The van der Waals surface area contributed by atoms with Crippen LogP contribution in [0.25, 0.3) is 0 Å². The lowest BCUT2D eigenvalue weighted by molar-refractivity contribution is 0.328. The molecular formula is C9H15BrN4. The summed E-state index contributed by atoms with van der Waals surface area (Å²) in [5.41, 5.74) is 0.358. The maximum Gasteiger partial charge on any atom is 0.175 e. The van der Waals surface area contributed by atoms with Gasteiger partial charge < -0.3 is 0 Å². The first kappa shape index (κ1) is 10.1. The van der Waals surface area contributed by atoms with Crippen molar-refractivity contribution >= 4 is 15.9 Å². The summed E-state index contributed by atoms with van der Waals surface area (Å²) in [5, 5.41) is 12.1. The fraction of sp³-hybridized carbons (Fsp3) is 0.889. The Morgan fingerprint density at radius 1 is 1.64 bits per heavy atom. The van der Waals surface area contributed by atoms with Crippen molar-refractivity contribution in [3.05, 3.63) is 5.82 Å². The summed E-state index contributed by atoms with van der Waals surface area (Å²) in [5.74, 6) is 0.872. The topological polar surface area (TPSA) is 43.6 Å². The Kier molecular flexibility index (Phi) is 2.60. The van der Waals surface area contributed by atoms with Gasteiger partial charge in [-0.1, -0.05) is 22.9 Å². The van der Waals surface area contributed by atoms with Gasteiger partial charge in [-0.3, -0.25) is 0 Å². The molecule has 0 radical (unpaired) electrons. The van der Waals surface area contributed by atoms with Gasteiger partial charge in [0.05, 0.1) is 7.05 Å². The minimum absolute atomic E-state index is 0.358. The molecular weight excluding hydrogens is 244 g/mol. The van der Waals surface area contributed by atoms with Crippen LogP contribution in [0.3, 0.4) is 0 Å². The Hall–Kier alpha value is -0.450. The van der Waals surface area contributed by atoms with Crippen LogP contribution < -0.4 is 0 Å². The molecule has 1 aliphatic rings. The molecule has 1 saturated carbocycles. The Morgan fingerprint density at radius 2 is 2.43 bits per heavy atom. The van der Waals surface area contributed by atoms with E-state index in [1.165, 1.54) is 24.1 Å². The zero-order valence-electron chi connectivity index (χ0n) is 8.57. The average Bonchev–Trinajstić information content (AvgIpc) is 2.60. The summed E-state index contributed by atoms with van der Waals surface area (Å²) in [7, 11) is 1.81. The maximum absolute atomic E-state index is 4.22. The predicted molar refractivity (Wildman–Crippen MR) is 57.2 cm³/mol. The molecule has 2 unspecified atom stereocenters. The number of aromatic nitrogens is 4. The molecule has 2 rings (SSSR count).